The Labute approximate surface area is 99.4 Å². The summed E-state index contributed by atoms with van der Waals surface area (Å²) in [5, 5.41) is 3.11. The van der Waals surface area contributed by atoms with E-state index in [1.807, 2.05) is 6.92 Å². The molecule has 0 aliphatic carbocycles. The van der Waals surface area contributed by atoms with Gasteiger partial charge in [-0.15, -0.1) is 0 Å². The van der Waals surface area contributed by atoms with Gasteiger partial charge in [0.1, 0.15) is 17.5 Å². The molecule has 5 heteroatoms. The van der Waals surface area contributed by atoms with Crippen molar-refractivity contribution in [1.29, 1.82) is 0 Å². The van der Waals surface area contributed by atoms with Crippen molar-refractivity contribution in [2.45, 2.75) is 13.5 Å². The third-order valence-electron chi connectivity index (χ3n) is 2.45. The van der Waals surface area contributed by atoms with Crippen LogP contribution in [0.3, 0.4) is 0 Å². The van der Waals surface area contributed by atoms with Crippen LogP contribution in [0.5, 0.6) is 0 Å². The van der Waals surface area contributed by atoms with E-state index in [4.69, 9.17) is 0 Å². The lowest BCUT2D eigenvalue weighted by Crippen LogP contribution is -2.29. The van der Waals surface area contributed by atoms with Crippen LogP contribution in [-0.4, -0.2) is 31.6 Å². The minimum Gasteiger partial charge on any atom is -0.316 e. The van der Waals surface area contributed by atoms with Gasteiger partial charge in [0.05, 0.1) is 0 Å². The van der Waals surface area contributed by atoms with Crippen LogP contribution in [0.2, 0.25) is 0 Å². The quantitative estimate of drug-likeness (QED) is 0.774. The second-order valence-electron chi connectivity index (χ2n) is 3.94. The fourth-order valence-electron chi connectivity index (χ4n) is 1.52. The molecule has 0 aliphatic heterocycles. The number of likely N-dealkylation sites (N-methyl/N-ethyl adjacent to an activating group) is 2. The molecule has 0 saturated carbocycles. The lowest BCUT2D eigenvalue weighted by Gasteiger charge is -2.17. The average Bonchev–Trinajstić information content (AvgIpc) is 2.24. The van der Waals surface area contributed by atoms with Crippen LogP contribution in [0.4, 0.5) is 13.2 Å². The molecule has 0 fully saturated rings. The van der Waals surface area contributed by atoms with Crippen molar-refractivity contribution in [3.63, 3.8) is 0 Å². The Morgan fingerprint density at radius 2 is 1.76 bits per heavy atom. The third-order valence-corrected chi connectivity index (χ3v) is 2.45. The predicted molar refractivity (Wildman–Crippen MR) is 61.2 cm³/mol. The van der Waals surface area contributed by atoms with Crippen molar-refractivity contribution >= 4 is 0 Å². The van der Waals surface area contributed by atoms with Crippen molar-refractivity contribution < 1.29 is 13.2 Å². The van der Waals surface area contributed by atoms with E-state index in [0.29, 0.717) is 18.7 Å². The number of rotatable bonds is 6. The monoisotopic (exact) mass is 246 g/mol. The molecule has 1 N–H and O–H groups in total. The van der Waals surface area contributed by atoms with Crippen LogP contribution >= 0.6 is 0 Å². The molecule has 0 heterocycles. The third kappa shape index (κ3) is 4.36. The molecule has 17 heavy (non-hydrogen) atoms. The summed E-state index contributed by atoms with van der Waals surface area (Å²) >= 11 is 0. The van der Waals surface area contributed by atoms with Crippen LogP contribution in [0.15, 0.2) is 12.1 Å². The first-order chi connectivity index (χ1) is 8.04. The Balaban J connectivity index is 2.61. The zero-order valence-electron chi connectivity index (χ0n) is 10.1. The second-order valence-corrected chi connectivity index (χ2v) is 3.94. The number of hydrogen-bond acceptors (Lipinski definition) is 2. The van der Waals surface area contributed by atoms with E-state index in [-0.39, 0.29) is 12.1 Å². The van der Waals surface area contributed by atoms with Crippen LogP contribution in [0.25, 0.3) is 0 Å². The first kappa shape index (κ1) is 14.0. The molecule has 0 atom stereocenters. The van der Waals surface area contributed by atoms with Crippen LogP contribution in [0.1, 0.15) is 12.5 Å². The maximum Gasteiger partial charge on any atom is 0.133 e. The van der Waals surface area contributed by atoms with E-state index in [1.165, 1.54) is 0 Å². The molecule has 0 spiro atoms. The maximum absolute atomic E-state index is 13.3. The minimum absolute atomic E-state index is 0.0922. The fourth-order valence-corrected chi connectivity index (χ4v) is 1.52. The summed E-state index contributed by atoms with van der Waals surface area (Å²) in [5.74, 6) is -2.56. The first-order valence-corrected chi connectivity index (χ1v) is 5.57. The fraction of sp³-hybridized carbons (Fsp3) is 0.500. The molecule has 0 radical (unpaired) electrons. The summed E-state index contributed by atoms with van der Waals surface area (Å²) in [6.45, 7) is 4.39. The van der Waals surface area contributed by atoms with Gasteiger partial charge in [-0.05, 0) is 13.6 Å². The van der Waals surface area contributed by atoms with Crippen molar-refractivity contribution in [2.75, 3.05) is 26.7 Å². The highest BCUT2D eigenvalue weighted by Gasteiger charge is 2.13. The molecule has 0 aliphatic rings. The van der Waals surface area contributed by atoms with Crippen molar-refractivity contribution in [1.82, 2.24) is 10.2 Å². The van der Waals surface area contributed by atoms with Gasteiger partial charge in [-0.3, -0.25) is 0 Å². The number of benzene rings is 1. The first-order valence-electron chi connectivity index (χ1n) is 5.57. The summed E-state index contributed by atoms with van der Waals surface area (Å²) in [6.07, 6.45) is 0. The smallest absolute Gasteiger partial charge is 0.133 e. The van der Waals surface area contributed by atoms with E-state index in [0.717, 1.165) is 13.1 Å². The molecule has 1 aromatic carbocycles. The molecule has 96 valence electrons. The van der Waals surface area contributed by atoms with Crippen LogP contribution in [-0.2, 0) is 6.54 Å². The van der Waals surface area contributed by atoms with E-state index in [2.05, 4.69) is 5.32 Å². The molecule has 0 amide bonds. The van der Waals surface area contributed by atoms with E-state index in [9.17, 15) is 13.2 Å². The SMILES string of the molecule is CCNCCN(C)Cc1c(F)cc(F)cc1F. The summed E-state index contributed by atoms with van der Waals surface area (Å²) < 4.78 is 39.4. The standard InChI is InChI=1S/C12H17F3N2/c1-3-16-4-5-17(2)8-10-11(14)6-9(13)7-12(10)15/h6-7,16H,3-5,8H2,1-2H3. The normalized spacial score (nSPS) is 11.2. The van der Waals surface area contributed by atoms with Gasteiger partial charge in [0.15, 0.2) is 0 Å². The maximum atomic E-state index is 13.3. The van der Waals surface area contributed by atoms with E-state index in [1.54, 1.807) is 11.9 Å². The number of hydrogen-bond donors (Lipinski definition) is 1. The van der Waals surface area contributed by atoms with E-state index >= 15 is 0 Å². The largest absolute Gasteiger partial charge is 0.316 e. The Morgan fingerprint density at radius 3 is 2.29 bits per heavy atom. The lowest BCUT2D eigenvalue weighted by atomic mass is 10.2. The molecule has 0 bridgehead atoms. The number of nitrogens with one attached hydrogen (secondary N) is 1. The molecule has 1 rings (SSSR count). The van der Waals surface area contributed by atoms with Gasteiger partial charge in [0, 0.05) is 37.3 Å². The minimum atomic E-state index is -0.890. The lowest BCUT2D eigenvalue weighted by molar-refractivity contribution is 0.313. The zero-order valence-corrected chi connectivity index (χ0v) is 10.1. The van der Waals surface area contributed by atoms with Gasteiger partial charge < -0.3 is 10.2 Å². The summed E-state index contributed by atoms with van der Waals surface area (Å²) in [5.41, 5.74) is -0.0922. The van der Waals surface area contributed by atoms with Gasteiger partial charge in [0.2, 0.25) is 0 Å². The Hall–Kier alpha value is -1.07. The number of halogens is 3. The molecule has 0 saturated heterocycles. The predicted octanol–water partition coefficient (Wildman–Crippen LogP) is 2.15. The van der Waals surface area contributed by atoms with Crippen molar-refractivity contribution in [3.8, 4) is 0 Å². The second kappa shape index (κ2) is 6.61. The highest BCUT2D eigenvalue weighted by Crippen LogP contribution is 2.16. The topological polar surface area (TPSA) is 15.3 Å². The van der Waals surface area contributed by atoms with Crippen LogP contribution in [0, 0.1) is 17.5 Å². The molecule has 0 aromatic heterocycles. The van der Waals surface area contributed by atoms with Gasteiger partial charge >= 0.3 is 0 Å². The van der Waals surface area contributed by atoms with E-state index < -0.39 is 17.5 Å². The summed E-state index contributed by atoms with van der Waals surface area (Å²) in [4.78, 5) is 1.78. The summed E-state index contributed by atoms with van der Waals surface area (Å²) in [7, 11) is 1.76. The van der Waals surface area contributed by atoms with Gasteiger partial charge in [-0.2, -0.15) is 0 Å². The average molecular weight is 246 g/mol. The highest BCUT2D eigenvalue weighted by atomic mass is 19.1. The highest BCUT2D eigenvalue weighted by molar-refractivity contribution is 5.20. The molecule has 2 nitrogen and oxygen atoms in total. The zero-order chi connectivity index (χ0) is 12.8. The molecular weight excluding hydrogens is 229 g/mol. The molecule has 1 aromatic rings. The van der Waals surface area contributed by atoms with Gasteiger partial charge in [-0.25, -0.2) is 13.2 Å². The summed E-state index contributed by atoms with van der Waals surface area (Å²) in [6, 6.07) is 1.41. The van der Waals surface area contributed by atoms with Gasteiger partial charge in [-0.1, -0.05) is 6.92 Å². The van der Waals surface area contributed by atoms with Crippen molar-refractivity contribution in [3.05, 3.63) is 35.1 Å². The Kier molecular flexibility index (Phi) is 5.44. The number of nitrogens with zero attached hydrogens (tertiary/aromatic N) is 1. The van der Waals surface area contributed by atoms with Crippen LogP contribution < -0.4 is 5.32 Å². The Bertz CT molecular complexity index is 346. The van der Waals surface area contributed by atoms with Gasteiger partial charge in [0.25, 0.3) is 0 Å². The molecule has 0 unspecified atom stereocenters. The Morgan fingerprint density at radius 1 is 1.18 bits per heavy atom. The molecular formula is C12H17F3N2. The van der Waals surface area contributed by atoms with Crippen molar-refractivity contribution in [2.24, 2.45) is 0 Å².